The molecule has 16 nitrogen and oxygen atoms in total. The van der Waals surface area contributed by atoms with Gasteiger partial charge in [0, 0.05) is 6.42 Å². The predicted molar refractivity (Wildman–Crippen MR) is 292 cm³/mol. The molecular weight excluding hydrogens is 1110 g/mol. The molecule has 424 valence electrons. The minimum absolute atomic E-state index is 0.0237. The number of hydrogen-bond donors (Lipinski definition) is 2. The second-order valence-electron chi connectivity index (χ2n) is 17.9. The number of alkyl carbamates (subject to hydrolysis) is 1. The van der Waals surface area contributed by atoms with Crippen LogP contribution in [0.25, 0.3) is 0 Å². The molecule has 6 atom stereocenters. The zero-order chi connectivity index (χ0) is 54.8. The number of benzene rings is 1. The first-order valence-corrected chi connectivity index (χ1v) is 29.4. The van der Waals surface area contributed by atoms with Crippen molar-refractivity contribution in [2.45, 2.75) is 200 Å². The van der Waals surface area contributed by atoms with E-state index in [1.807, 2.05) is 0 Å². The van der Waals surface area contributed by atoms with Gasteiger partial charge in [0.05, 0.1) is 40.0 Å². The maximum Gasteiger partial charge on any atom is 0.475 e. The average molecular weight is 1190 g/mol. The van der Waals surface area contributed by atoms with Crippen molar-refractivity contribution < 1.29 is 65.7 Å². The van der Waals surface area contributed by atoms with Gasteiger partial charge in [0.25, 0.3) is 3.79 Å². The van der Waals surface area contributed by atoms with Gasteiger partial charge in [-0.05, 0) is 37.0 Å². The van der Waals surface area contributed by atoms with Gasteiger partial charge in [-0.15, -0.1) is 13.2 Å². The number of unbranched alkanes of at least 4 members (excludes halogenated alkanes) is 16. The SMILES string of the molecule is C=CCOP(=O)(OCC=C)O[C@H]1[C@H](OC(=O)C[C@@H](CCCCCCCCCCC)OC(=O)CCCCCCCCCCC)[C@@H](NC(=O)OCC(Cl)(Cl)Cl)C(OC(=N)C(Cl)(Cl)Cl)O[C@@H]1COCc1ccc(OC)cc1. The van der Waals surface area contributed by atoms with Crippen molar-refractivity contribution in [1.29, 1.82) is 5.41 Å². The second kappa shape index (κ2) is 38.5. The van der Waals surface area contributed by atoms with Crippen LogP contribution in [0.1, 0.15) is 154 Å². The van der Waals surface area contributed by atoms with Crippen molar-refractivity contribution in [3.8, 4) is 5.75 Å². The zero-order valence-electron chi connectivity index (χ0n) is 43.2. The van der Waals surface area contributed by atoms with Crippen molar-refractivity contribution in [1.82, 2.24) is 5.32 Å². The molecule has 1 saturated heterocycles. The number of phosphoric acid groups is 1. The number of carbonyl (C=O) groups excluding carboxylic acids is 3. The summed E-state index contributed by atoms with van der Waals surface area (Å²) >= 11 is 35.9. The van der Waals surface area contributed by atoms with Crippen molar-refractivity contribution in [3.63, 3.8) is 0 Å². The van der Waals surface area contributed by atoms with Crippen molar-refractivity contribution >= 4 is 101 Å². The topological polar surface area (TPSA) is 196 Å². The first-order chi connectivity index (χ1) is 35.3. The third kappa shape index (κ3) is 30.2. The summed E-state index contributed by atoms with van der Waals surface area (Å²) in [4.78, 5) is 41.5. The minimum atomic E-state index is -4.71. The Morgan fingerprint density at radius 1 is 0.770 bits per heavy atom. The molecule has 0 radical (unpaired) electrons. The highest BCUT2D eigenvalue weighted by atomic mass is 35.6. The van der Waals surface area contributed by atoms with E-state index >= 15 is 0 Å². The molecule has 2 rings (SSSR count). The van der Waals surface area contributed by atoms with Crippen LogP contribution in [0.4, 0.5) is 4.79 Å². The van der Waals surface area contributed by atoms with E-state index in [0.29, 0.717) is 30.6 Å². The van der Waals surface area contributed by atoms with Crippen LogP contribution in [0.2, 0.25) is 0 Å². The van der Waals surface area contributed by atoms with Crippen LogP contribution < -0.4 is 10.1 Å². The number of amides is 1. The quantitative estimate of drug-likeness (QED) is 0.00920. The van der Waals surface area contributed by atoms with Crippen LogP contribution in [-0.2, 0) is 62.8 Å². The van der Waals surface area contributed by atoms with Crippen molar-refractivity contribution in [2.24, 2.45) is 0 Å². The van der Waals surface area contributed by atoms with Gasteiger partial charge in [0.2, 0.25) is 16.0 Å². The fraction of sp³-hybridized carbons (Fsp3) is 0.725. The summed E-state index contributed by atoms with van der Waals surface area (Å²) in [5, 5.41) is 11.0. The lowest BCUT2D eigenvalue weighted by Gasteiger charge is -2.45. The zero-order valence-corrected chi connectivity index (χ0v) is 48.6. The molecular formula is C51H79Cl6N2O14P. The monoisotopic (exact) mass is 1180 g/mol. The summed E-state index contributed by atoms with van der Waals surface area (Å²) in [5.74, 6) is -1.79. The Kier molecular flexibility index (Phi) is 35.4. The number of ether oxygens (including phenoxy) is 7. The maximum absolute atomic E-state index is 14.5. The largest absolute Gasteiger partial charge is 0.497 e. The summed E-state index contributed by atoms with van der Waals surface area (Å²) in [6, 6.07) is 5.19. The summed E-state index contributed by atoms with van der Waals surface area (Å²) in [5.41, 5.74) is 0.698. The van der Waals surface area contributed by atoms with Gasteiger partial charge in [-0.3, -0.25) is 28.6 Å². The normalized spacial score (nSPS) is 18.5. The third-order valence-electron chi connectivity index (χ3n) is 11.5. The molecule has 1 aliphatic rings. The molecule has 1 unspecified atom stereocenters. The maximum atomic E-state index is 14.5. The fourth-order valence-corrected chi connectivity index (χ4v) is 9.34. The van der Waals surface area contributed by atoms with E-state index in [9.17, 15) is 18.9 Å². The molecule has 0 aromatic heterocycles. The first-order valence-electron chi connectivity index (χ1n) is 25.6. The Morgan fingerprint density at radius 3 is 1.82 bits per heavy atom. The van der Waals surface area contributed by atoms with Crippen molar-refractivity contribution in [2.75, 3.05) is 33.5 Å². The molecule has 74 heavy (non-hydrogen) atoms. The van der Waals surface area contributed by atoms with Crippen LogP contribution in [-0.4, -0.2) is 102 Å². The Balaban J connectivity index is 2.63. The van der Waals surface area contributed by atoms with Crippen LogP contribution in [0.3, 0.4) is 0 Å². The number of alkyl halides is 6. The lowest BCUT2D eigenvalue weighted by Crippen LogP contribution is -2.67. The van der Waals surface area contributed by atoms with Gasteiger partial charge in [-0.1, -0.05) is 210 Å². The molecule has 2 N–H and O–H groups in total. The first kappa shape index (κ1) is 68.1. The van der Waals surface area contributed by atoms with Gasteiger partial charge in [0.15, 0.2) is 6.10 Å². The minimum Gasteiger partial charge on any atom is -0.497 e. The highest BCUT2D eigenvalue weighted by Gasteiger charge is 2.55. The Hall–Kier alpha value is -2.05. The molecule has 1 heterocycles. The number of phosphoric ester groups is 1. The third-order valence-corrected chi connectivity index (χ3v) is 13.8. The number of hydrogen-bond acceptors (Lipinski definition) is 15. The Morgan fingerprint density at radius 2 is 1.31 bits per heavy atom. The lowest BCUT2D eigenvalue weighted by molar-refractivity contribution is -0.254. The molecule has 0 aliphatic carbocycles. The van der Waals surface area contributed by atoms with E-state index in [-0.39, 0.29) is 26.2 Å². The van der Waals surface area contributed by atoms with Crippen LogP contribution in [0.15, 0.2) is 49.6 Å². The molecule has 1 aromatic carbocycles. The predicted octanol–water partition coefficient (Wildman–Crippen LogP) is 14.7. The van der Waals surface area contributed by atoms with Crippen LogP contribution in [0.5, 0.6) is 5.75 Å². The highest BCUT2D eigenvalue weighted by molar-refractivity contribution is 7.48. The summed E-state index contributed by atoms with van der Waals surface area (Å²) < 4.78 is 68.0. The molecule has 1 fully saturated rings. The molecule has 23 heteroatoms. The van der Waals surface area contributed by atoms with E-state index in [1.165, 1.54) is 64.2 Å². The number of esters is 2. The fourth-order valence-electron chi connectivity index (χ4n) is 7.71. The van der Waals surface area contributed by atoms with E-state index in [0.717, 1.165) is 57.8 Å². The van der Waals surface area contributed by atoms with Gasteiger partial charge < -0.3 is 38.5 Å². The van der Waals surface area contributed by atoms with Crippen LogP contribution in [0, 0.1) is 5.41 Å². The molecule has 0 spiro atoms. The summed E-state index contributed by atoms with van der Waals surface area (Å²) in [6.45, 7) is 9.72. The number of nitrogens with one attached hydrogen (secondary N) is 2. The Bertz CT molecular complexity index is 1810. The van der Waals surface area contributed by atoms with E-state index in [4.69, 9.17) is 122 Å². The van der Waals surface area contributed by atoms with E-state index < -0.39 is 95.7 Å². The van der Waals surface area contributed by atoms with Gasteiger partial charge in [0.1, 0.15) is 36.7 Å². The highest BCUT2D eigenvalue weighted by Crippen LogP contribution is 2.53. The lowest BCUT2D eigenvalue weighted by atomic mass is 9.96. The molecule has 1 amide bonds. The van der Waals surface area contributed by atoms with E-state index in [1.54, 1.807) is 24.3 Å². The second-order valence-corrected chi connectivity index (χ2v) is 24.3. The standard InChI is InChI=1S/C51H79Cl6N2O14P/c1-6-10-12-14-16-18-20-22-24-26-40(69-42(60)27-25-23-21-19-17-15-13-11-7-2)34-43(61)71-46-44(59-49(62)66-37-50(52,53)54)47(72-48(58)51(55,56)57)70-41(36-65-35-38-28-30-39(64-5)31-29-38)45(46)73-74(63,67-32-8-3)68-33-9-4/h8-9,28-31,40-41,44-47,58H,3-4,6-7,10-27,32-37H2,1-2,5H3,(H,59,62)/t40-,41-,44-,45-,46-,47?/m1/s1. The number of rotatable bonds is 40. The summed E-state index contributed by atoms with van der Waals surface area (Å²) in [6.07, 6.45) is 12.4. The van der Waals surface area contributed by atoms with Crippen LogP contribution >= 0.6 is 77.4 Å². The molecule has 1 aromatic rings. The number of carbonyl (C=O) groups is 3. The van der Waals surface area contributed by atoms with Crippen molar-refractivity contribution in [3.05, 3.63) is 55.1 Å². The summed E-state index contributed by atoms with van der Waals surface area (Å²) in [7, 11) is -3.18. The molecule has 0 bridgehead atoms. The molecule has 0 saturated carbocycles. The molecule has 1 aliphatic heterocycles. The Labute approximate surface area is 469 Å². The van der Waals surface area contributed by atoms with Gasteiger partial charge in [-0.25, -0.2) is 9.36 Å². The van der Waals surface area contributed by atoms with Gasteiger partial charge >= 0.3 is 25.9 Å². The number of halogens is 6. The average Bonchev–Trinajstić information content (AvgIpc) is 3.35. The smallest absolute Gasteiger partial charge is 0.475 e. The number of methoxy groups -OCH3 is 1. The van der Waals surface area contributed by atoms with E-state index in [2.05, 4.69) is 32.3 Å². The van der Waals surface area contributed by atoms with Gasteiger partial charge in [-0.2, -0.15) is 0 Å².